The Morgan fingerprint density at radius 2 is 1.76 bits per heavy atom. The van der Waals surface area contributed by atoms with Crippen LogP contribution in [0.1, 0.15) is 5.69 Å². The molecule has 2 aliphatic rings. The monoisotopic (exact) mass is 399 g/mol. The van der Waals surface area contributed by atoms with Gasteiger partial charge in [-0.1, -0.05) is 0 Å². The first-order valence-corrected chi connectivity index (χ1v) is 9.80. The summed E-state index contributed by atoms with van der Waals surface area (Å²) < 4.78 is 10.8. The van der Waals surface area contributed by atoms with Gasteiger partial charge in [-0.25, -0.2) is 15.0 Å². The second-order valence-corrected chi connectivity index (χ2v) is 6.95. The number of carbonyl (C=O) groups is 1. The van der Waals surface area contributed by atoms with Gasteiger partial charge in [0.1, 0.15) is 5.82 Å². The molecular weight excluding hydrogens is 374 g/mol. The van der Waals surface area contributed by atoms with Crippen LogP contribution in [0.4, 0.5) is 11.8 Å². The SMILES string of the molecule is Cc1cc(N2CCN(C(=O)COc3ncccn3)CC2)nc(N2CCOCC2)n1. The first kappa shape index (κ1) is 19.3. The van der Waals surface area contributed by atoms with Crippen molar-refractivity contribution < 1.29 is 14.3 Å². The van der Waals surface area contributed by atoms with Crippen LogP contribution >= 0.6 is 0 Å². The van der Waals surface area contributed by atoms with Crippen LogP contribution in [-0.2, 0) is 9.53 Å². The number of piperazine rings is 1. The predicted octanol–water partition coefficient (Wildman–Crippen LogP) is 0.139. The third-order valence-electron chi connectivity index (χ3n) is 4.95. The van der Waals surface area contributed by atoms with Crippen LogP contribution in [0, 0.1) is 6.92 Å². The zero-order valence-corrected chi connectivity index (χ0v) is 16.5. The van der Waals surface area contributed by atoms with Crippen LogP contribution in [0.2, 0.25) is 0 Å². The fraction of sp³-hybridized carbons (Fsp3) is 0.526. The molecule has 0 aliphatic carbocycles. The van der Waals surface area contributed by atoms with E-state index in [1.165, 1.54) is 0 Å². The van der Waals surface area contributed by atoms with Crippen molar-refractivity contribution in [3.63, 3.8) is 0 Å². The lowest BCUT2D eigenvalue weighted by molar-refractivity contribution is -0.133. The van der Waals surface area contributed by atoms with Crippen molar-refractivity contribution in [2.45, 2.75) is 6.92 Å². The summed E-state index contributed by atoms with van der Waals surface area (Å²) in [6.45, 7) is 7.59. The number of amides is 1. The normalized spacial score (nSPS) is 17.3. The molecule has 2 aromatic heterocycles. The Hall–Kier alpha value is -3.01. The first-order valence-electron chi connectivity index (χ1n) is 9.80. The standard InChI is InChI=1S/C19H25N7O3/c1-15-13-16(23-18(22-15)26-9-11-28-12-10-26)24-5-7-25(8-6-24)17(27)14-29-19-20-3-2-4-21-19/h2-4,13H,5-12,14H2,1H3. The van der Waals surface area contributed by atoms with Gasteiger partial charge >= 0.3 is 6.01 Å². The summed E-state index contributed by atoms with van der Waals surface area (Å²) in [5.41, 5.74) is 0.936. The smallest absolute Gasteiger partial charge is 0.316 e. The van der Waals surface area contributed by atoms with Crippen molar-refractivity contribution in [2.24, 2.45) is 0 Å². The third-order valence-corrected chi connectivity index (χ3v) is 4.95. The maximum absolute atomic E-state index is 12.4. The summed E-state index contributed by atoms with van der Waals surface area (Å²) >= 11 is 0. The molecule has 2 aromatic rings. The van der Waals surface area contributed by atoms with Gasteiger partial charge in [-0.2, -0.15) is 4.98 Å². The molecule has 0 N–H and O–H groups in total. The highest BCUT2D eigenvalue weighted by Crippen LogP contribution is 2.20. The van der Waals surface area contributed by atoms with Crippen molar-refractivity contribution in [3.8, 4) is 6.01 Å². The fourth-order valence-corrected chi connectivity index (χ4v) is 3.37. The molecule has 2 aliphatic heterocycles. The Morgan fingerprint density at radius 1 is 1.03 bits per heavy atom. The Morgan fingerprint density at radius 3 is 2.48 bits per heavy atom. The quantitative estimate of drug-likeness (QED) is 0.695. The van der Waals surface area contributed by atoms with Crippen LogP contribution in [0.5, 0.6) is 6.01 Å². The number of hydrogen-bond acceptors (Lipinski definition) is 9. The molecule has 10 heteroatoms. The molecule has 0 spiro atoms. The number of anilines is 2. The van der Waals surface area contributed by atoms with Gasteiger partial charge in [0.15, 0.2) is 6.61 Å². The molecule has 0 aromatic carbocycles. The summed E-state index contributed by atoms with van der Waals surface area (Å²) in [7, 11) is 0. The van der Waals surface area contributed by atoms with Crippen molar-refractivity contribution in [1.82, 2.24) is 24.8 Å². The van der Waals surface area contributed by atoms with Gasteiger partial charge in [0.05, 0.1) is 13.2 Å². The second-order valence-electron chi connectivity index (χ2n) is 6.95. The highest BCUT2D eigenvalue weighted by molar-refractivity contribution is 5.78. The van der Waals surface area contributed by atoms with Gasteiger partial charge in [0, 0.05) is 63.4 Å². The summed E-state index contributed by atoms with van der Waals surface area (Å²) in [6.07, 6.45) is 3.17. The zero-order valence-electron chi connectivity index (χ0n) is 16.5. The van der Waals surface area contributed by atoms with E-state index in [4.69, 9.17) is 14.5 Å². The van der Waals surface area contributed by atoms with E-state index in [1.54, 1.807) is 23.4 Å². The van der Waals surface area contributed by atoms with Gasteiger partial charge in [-0.3, -0.25) is 4.79 Å². The molecule has 2 saturated heterocycles. The van der Waals surface area contributed by atoms with E-state index in [2.05, 4.69) is 24.8 Å². The van der Waals surface area contributed by atoms with Crippen molar-refractivity contribution in [2.75, 3.05) is 68.9 Å². The average molecular weight is 399 g/mol. The van der Waals surface area contributed by atoms with Crippen molar-refractivity contribution in [1.29, 1.82) is 0 Å². The van der Waals surface area contributed by atoms with Gasteiger partial charge in [-0.05, 0) is 13.0 Å². The molecule has 10 nitrogen and oxygen atoms in total. The Bertz CT molecular complexity index is 822. The molecule has 0 bridgehead atoms. The molecule has 29 heavy (non-hydrogen) atoms. The largest absolute Gasteiger partial charge is 0.453 e. The molecule has 154 valence electrons. The lowest BCUT2D eigenvalue weighted by Gasteiger charge is -2.36. The van der Waals surface area contributed by atoms with Crippen molar-refractivity contribution >= 4 is 17.7 Å². The molecule has 1 amide bonds. The molecule has 4 heterocycles. The van der Waals surface area contributed by atoms with Crippen LogP contribution in [0.3, 0.4) is 0 Å². The summed E-state index contributed by atoms with van der Waals surface area (Å²) in [4.78, 5) is 35.9. The number of morpholine rings is 1. The van der Waals surface area contributed by atoms with Crippen LogP contribution < -0.4 is 14.5 Å². The van der Waals surface area contributed by atoms with E-state index < -0.39 is 0 Å². The van der Waals surface area contributed by atoms with Crippen LogP contribution in [-0.4, -0.2) is 89.8 Å². The Balaban J connectivity index is 1.33. The fourth-order valence-electron chi connectivity index (χ4n) is 3.37. The summed E-state index contributed by atoms with van der Waals surface area (Å²) in [5.74, 6) is 1.59. The summed E-state index contributed by atoms with van der Waals surface area (Å²) in [5, 5.41) is 0. The van der Waals surface area contributed by atoms with E-state index in [0.717, 1.165) is 30.5 Å². The highest BCUT2D eigenvalue weighted by Gasteiger charge is 2.24. The number of carbonyl (C=O) groups excluding carboxylic acids is 1. The second kappa shape index (κ2) is 8.99. The minimum absolute atomic E-state index is 0.0577. The molecular formula is C19H25N7O3. The lowest BCUT2D eigenvalue weighted by atomic mass is 10.3. The zero-order chi connectivity index (χ0) is 20.1. The van der Waals surface area contributed by atoms with E-state index in [9.17, 15) is 4.79 Å². The Labute approximate surface area is 169 Å². The number of ether oxygens (including phenoxy) is 2. The maximum atomic E-state index is 12.4. The van der Waals surface area contributed by atoms with Gasteiger partial charge < -0.3 is 24.2 Å². The number of hydrogen-bond donors (Lipinski definition) is 0. The first-order chi connectivity index (χ1) is 14.2. The molecule has 0 saturated carbocycles. The number of nitrogens with zero attached hydrogens (tertiary/aromatic N) is 7. The third kappa shape index (κ3) is 4.89. The van der Waals surface area contributed by atoms with Gasteiger partial charge in [0.2, 0.25) is 5.95 Å². The van der Waals surface area contributed by atoms with E-state index in [0.29, 0.717) is 39.4 Å². The minimum Gasteiger partial charge on any atom is -0.453 e. The number of rotatable bonds is 5. The average Bonchev–Trinajstić information content (AvgIpc) is 2.78. The van der Waals surface area contributed by atoms with E-state index in [1.807, 2.05) is 13.0 Å². The Kier molecular flexibility index (Phi) is 5.99. The van der Waals surface area contributed by atoms with Gasteiger partial charge in [-0.15, -0.1) is 0 Å². The predicted molar refractivity (Wildman–Crippen MR) is 106 cm³/mol. The van der Waals surface area contributed by atoms with Crippen LogP contribution in [0.15, 0.2) is 24.5 Å². The van der Waals surface area contributed by atoms with E-state index in [-0.39, 0.29) is 18.5 Å². The van der Waals surface area contributed by atoms with Gasteiger partial charge in [0.25, 0.3) is 5.91 Å². The highest BCUT2D eigenvalue weighted by atomic mass is 16.5. The van der Waals surface area contributed by atoms with E-state index >= 15 is 0 Å². The van der Waals surface area contributed by atoms with Crippen LogP contribution in [0.25, 0.3) is 0 Å². The van der Waals surface area contributed by atoms with Crippen molar-refractivity contribution in [3.05, 3.63) is 30.2 Å². The lowest BCUT2D eigenvalue weighted by Crippen LogP contribution is -2.50. The summed E-state index contributed by atoms with van der Waals surface area (Å²) in [6, 6.07) is 3.91. The molecule has 0 radical (unpaired) electrons. The topological polar surface area (TPSA) is 96.8 Å². The number of aromatic nitrogens is 4. The molecule has 0 unspecified atom stereocenters. The maximum Gasteiger partial charge on any atom is 0.316 e. The molecule has 4 rings (SSSR count). The molecule has 2 fully saturated rings. The minimum atomic E-state index is -0.0648. The molecule has 0 atom stereocenters. The number of aryl methyl sites for hydroxylation is 1.